The zero-order valence-electron chi connectivity index (χ0n) is 10.4. The molecule has 1 aromatic heterocycles. The molecule has 110 valence electrons. The lowest BCUT2D eigenvalue weighted by Gasteiger charge is -2.08. The summed E-state index contributed by atoms with van der Waals surface area (Å²) in [4.78, 5) is 15.6. The largest absolute Gasteiger partial charge is 0.504 e. The Morgan fingerprint density at radius 3 is 2.43 bits per heavy atom. The molecule has 2 aromatic rings. The SMILES string of the molecule is O=C(Nc1ncccc1O)c1ccc(SC(F)(F)F)cc1. The van der Waals surface area contributed by atoms with Crippen LogP contribution in [0, 0.1) is 0 Å². The molecule has 0 fully saturated rings. The first-order valence-electron chi connectivity index (χ1n) is 5.66. The molecule has 0 aliphatic rings. The minimum Gasteiger partial charge on any atom is -0.504 e. The van der Waals surface area contributed by atoms with Gasteiger partial charge in [-0.05, 0) is 48.2 Å². The number of aromatic nitrogens is 1. The summed E-state index contributed by atoms with van der Waals surface area (Å²) in [5.41, 5.74) is -4.21. The van der Waals surface area contributed by atoms with Crippen molar-refractivity contribution in [2.24, 2.45) is 0 Å². The summed E-state index contributed by atoms with van der Waals surface area (Å²) in [5.74, 6) is -0.793. The van der Waals surface area contributed by atoms with Gasteiger partial charge in [0, 0.05) is 16.7 Å². The molecule has 0 saturated carbocycles. The minimum absolute atomic E-state index is 0.0141. The van der Waals surface area contributed by atoms with Gasteiger partial charge in [-0.1, -0.05) is 0 Å². The number of anilines is 1. The molecular weight excluding hydrogens is 305 g/mol. The summed E-state index contributed by atoms with van der Waals surface area (Å²) in [6.45, 7) is 0. The van der Waals surface area contributed by atoms with Crippen molar-refractivity contribution in [3.05, 3.63) is 48.2 Å². The Morgan fingerprint density at radius 1 is 1.19 bits per heavy atom. The van der Waals surface area contributed by atoms with E-state index in [9.17, 15) is 23.1 Å². The van der Waals surface area contributed by atoms with Gasteiger partial charge in [-0.15, -0.1) is 0 Å². The normalized spacial score (nSPS) is 11.2. The second kappa shape index (κ2) is 6.04. The topological polar surface area (TPSA) is 62.2 Å². The summed E-state index contributed by atoms with van der Waals surface area (Å²) in [7, 11) is 0. The molecule has 0 aliphatic carbocycles. The van der Waals surface area contributed by atoms with Crippen molar-refractivity contribution >= 4 is 23.5 Å². The van der Waals surface area contributed by atoms with E-state index in [-0.39, 0.29) is 33.8 Å². The van der Waals surface area contributed by atoms with E-state index in [1.807, 2.05) is 0 Å². The van der Waals surface area contributed by atoms with Crippen LogP contribution in [0.5, 0.6) is 5.75 Å². The molecular formula is C13H9F3N2O2S. The highest BCUT2D eigenvalue weighted by Crippen LogP contribution is 2.36. The van der Waals surface area contributed by atoms with Gasteiger partial charge in [-0.3, -0.25) is 4.79 Å². The number of rotatable bonds is 3. The second-order valence-electron chi connectivity index (χ2n) is 3.90. The van der Waals surface area contributed by atoms with Gasteiger partial charge in [-0.2, -0.15) is 13.2 Å². The van der Waals surface area contributed by atoms with Gasteiger partial charge in [0.25, 0.3) is 5.91 Å². The predicted molar refractivity (Wildman–Crippen MR) is 72.2 cm³/mol. The molecule has 0 saturated heterocycles. The van der Waals surface area contributed by atoms with Crippen LogP contribution in [-0.4, -0.2) is 21.5 Å². The molecule has 1 heterocycles. The van der Waals surface area contributed by atoms with Crippen molar-refractivity contribution in [3.63, 3.8) is 0 Å². The van der Waals surface area contributed by atoms with Gasteiger partial charge in [-0.25, -0.2) is 4.98 Å². The van der Waals surface area contributed by atoms with Crippen molar-refractivity contribution in [1.29, 1.82) is 0 Å². The lowest BCUT2D eigenvalue weighted by atomic mass is 10.2. The fourth-order valence-electron chi connectivity index (χ4n) is 1.48. The van der Waals surface area contributed by atoms with E-state index in [0.29, 0.717) is 0 Å². The number of thioether (sulfide) groups is 1. The summed E-state index contributed by atoms with van der Waals surface area (Å²) >= 11 is -0.256. The molecule has 1 amide bonds. The number of amides is 1. The van der Waals surface area contributed by atoms with Crippen molar-refractivity contribution < 1.29 is 23.1 Å². The third kappa shape index (κ3) is 4.38. The van der Waals surface area contributed by atoms with E-state index in [1.165, 1.54) is 42.6 Å². The molecule has 8 heteroatoms. The number of hydrogen-bond donors (Lipinski definition) is 2. The van der Waals surface area contributed by atoms with Crippen LogP contribution in [0.25, 0.3) is 0 Å². The van der Waals surface area contributed by atoms with Crippen LogP contribution in [0.4, 0.5) is 19.0 Å². The minimum atomic E-state index is -4.37. The summed E-state index contributed by atoms with van der Waals surface area (Å²) < 4.78 is 36.5. The monoisotopic (exact) mass is 314 g/mol. The Balaban J connectivity index is 2.08. The van der Waals surface area contributed by atoms with Gasteiger partial charge in [0.15, 0.2) is 11.6 Å². The maximum absolute atomic E-state index is 12.2. The Morgan fingerprint density at radius 2 is 1.86 bits per heavy atom. The first kappa shape index (κ1) is 15.2. The number of hydrogen-bond acceptors (Lipinski definition) is 4. The van der Waals surface area contributed by atoms with Crippen LogP contribution in [0.3, 0.4) is 0 Å². The van der Waals surface area contributed by atoms with Crippen LogP contribution >= 0.6 is 11.8 Å². The lowest BCUT2D eigenvalue weighted by molar-refractivity contribution is -0.0328. The molecule has 0 unspecified atom stereocenters. The maximum atomic E-state index is 12.2. The standard InChI is InChI=1S/C13H9F3N2O2S/c14-13(15,16)21-9-5-3-8(4-6-9)12(20)18-11-10(19)2-1-7-17-11/h1-7,19H,(H,17,18,20). The van der Waals surface area contributed by atoms with Crippen LogP contribution in [0.2, 0.25) is 0 Å². The quantitative estimate of drug-likeness (QED) is 0.849. The number of alkyl halides is 3. The number of aromatic hydroxyl groups is 1. The van der Waals surface area contributed by atoms with Gasteiger partial charge in [0.1, 0.15) is 0 Å². The van der Waals surface area contributed by atoms with E-state index in [4.69, 9.17) is 0 Å². The number of nitrogens with zero attached hydrogens (tertiary/aromatic N) is 1. The maximum Gasteiger partial charge on any atom is 0.446 e. The first-order valence-corrected chi connectivity index (χ1v) is 6.48. The van der Waals surface area contributed by atoms with Crippen LogP contribution in [0.1, 0.15) is 10.4 Å². The van der Waals surface area contributed by atoms with E-state index in [2.05, 4.69) is 10.3 Å². The summed E-state index contributed by atoms with van der Waals surface area (Å²) in [6.07, 6.45) is 1.39. The molecule has 0 aliphatic heterocycles. The average molecular weight is 314 g/mol. The third-order valence-electron chi connectivity index (χ3n) is 2.37. The fourth-order valence-corrected chi connectivity index (χ4v) is 2.02. The van der Waals surface area contributed by atoms with Crippen molar-refractivity contribution in [2.75, 3.05) is 5.32 Å². The van der Waals surface area contributed by atoms with Crippen LogP contribution in [0.15, 0.2) is 47.5 Å². The number of nitrogens with one attached hydrogen (secondary N) is 1. The Labute approximate surface area is 122 Å². The average Bonchev–Trinajstić information content (AvgIpc) is 2.40. The lowest BCUT2D eigenvalue weighted by Crippen LogP contribution is -2.12. The third-order valence-corrected chi connectivity index (χ3v) is 3.11. The Bertz CT molecular complexity index is 645. The number of benzene rings is 1. The van der Waals surface area contributed by atoms with Gasteiger partial charge in [0.2, 0.25) is 0 Å². The smallest absolute Gasteiger partial charge is 0.446 e. The number of carbonyl (C=O) groups is 1. The molecule has 4 nitrogen and oxygen atoms in total. The molecule has 2 N–H and O–H groups in total. The van der Waals surface area contributed by atoms with Gasteiger partial charge < -0.3 is 10.4 Å². The molecule has 0 radical (unpaired) electrons. The van der Waals surface area contributed by atoms with E-state index < -0.39 is 11.4 Å². The molecule has 2 rings (SSSR count). The van der Waals surface area contributed by atoms with E-state index >= 15 is 0 Å². The van der Waals surface area contributed by atoms with Gasteiger partial charge >= 0.3 is 5.51 Å². The number of halogens is 3. The predicted octanol–water partition coefficient (Wildman–Crippen LogP) is 3.65. The zero-order chi connectivity index (χ0) is 15.5. The van der Waals surface area contributed by atoms with E-state index in [0.717, 1.165) is 0 Å². The molecule has 0 atom stereocenters. The summed E-state index contributed by atoms with van der Waals surface area (Å²) in [6, 6.07) is 7.78. The zero-order valence-corrected chi connectivity index (χ0v) is 11.2. The first-order chi connectivity index (χ1) is 9.85. The molecule has 0 spiro atoms. The molecule has 0 bridgehead atoms. The van der Waals surface area contributed by atoms with Gasteiger partial charge in [0.05, 0.1) is 0 Å². The highest BCUT2D eigenvalue weighted by Gasteiger charge is 2.29. The van der Waals surface area contributed by atoms with Crippen molar-refractivity contribution in [2.45, 2.75) is 10.4 Å². The van der Waals surface area contributed by atoms with Crippen molar-refractivity contribution in [1.82, 2.24) is 4.98 Å². The van der Waals surface area contributed by atoms with E-state index in [1.54, 1.807) is 0 Å². The molecule has 21 heavy (non-hydrogen) atoms. The van der Waals surface area contributed by atoms with Crippen LogP contribution in [-0.2, 0) is 0 Å². The highest BCUT2D eigenvalue weighted by atomic mass is 32.2. The Hall–Kier alpha value is -2.22. The summed E-state index contributed by atoms with van der Waals surface area (Å²) in [5, 5.41) is 11.8. The Kier molecular flexibility index (Phi) is 4.37. The van der Waals surface area contributed by atoms with Crippen LogP contribution < -0.4 is 5.32 Å². The number of pyridine rings is 1. The second-order valence-corrected chi connectivity index (χ2v) is 5.04. The van der Waals surface area contributed by atoms with Crippen molar-refractivity contribution in [3.8, 4) is 5.75 Å². The number of carbonyl (C=O) groups excluding carboxylic acids is 1. The highest BCUT2D eigenvalue weighted by molar-refractivity contribution is 8.00. The fraction of sp³-hybridized carbons (Fsp3) is 0.0769. The molecule has 1 aromatic carbocycles.